The second kappa shape index (κ2) is 8.02. The van der Waals surface area contributed by atoms with Gasteiger partial charge in [-0.05, 0) is 28.8 Å². The van der Waals surface area contributed by atoms with E-state index in [4.69, 9.17) is 23.2 Å². The molecule has 2 unspecified atom stereocenters. The fraction of sp³-hybridized carbons (Fsp3) is 0.192. The average Bonchev–Trinajstić information content (AvgIpc) is 3.22. The summed E-state index contributed by atoms with van der Waals surface area (Å²) in [5.41, 5.74) is 4.74. The highest BCUT2D eigenvalue weighted by Gasteiger charge is 2.43. The minimum absolute atomic E-state index is 0.229. The molecule has 0 fully saturated rings. The fourth-order valence-corrected chi connectivity index (χ4v) is 4.84. The van der Waals surface area contributed by atoms with Crippen molar-refractivity contribution in [3.8, 4) is 11.3 Å². The zero-order valence-corrected chi connectivity index (χ0v) is 17.9. The highest BCUT2D eigenvalue weighted by atomic mass is 35.5. The van der Waals surface area contributed by atoms with E-state index in [0.29, 0.717) is 10.8 Å². The first-order chi connectivity index (χ1) is 15.2. The third kappa shape index (κ3) is 3.22. The fourth-order valence-electron chi connectivity index (χ4n) is 4.58. The minimum atomic E-state index is -0.404. The zero-order valence-electron chi connectivity index (χ0n) is 17.1. The molecule has 4 nitrogen and oxygen atoms in total. The normalized spacial score (nSPS) is 17.8. The first kappa shape index (κ1) is 19.5. The summed E-state index contributed by atoms with van der Waals surface area (Å²) in [4.78, 5) is 8.88. The summed E-state index contributed by atoms with van der Waals surface area (Å²) in [6, 6.07) is 22.0. The van der Waals surface area contributed by atoms with Crippen molar-refractivity contribution in [2.24, 2.45) is 4.99 Å². The van der Waals surface area contributed by atoms with Crippen molar-refractivity contribution in [2.75, 3.05) is 0 Å². The number of aromatic amines is 1. The van der Waals surface area contributed by atoms with E-state index in [9.17, 15) is 0 Å². The van der Waals surface area contributed by atoms with Gasteiger partial charge in [0.05, 0.1) is 11.6 Å². The van der Waals surface area contributed by atoms with Crippen LogP contribution in [0.2, 0.25) is 5.02 Å². The summed E-state index contributed by atoms with van der Waals surface area (Å²) in [6.07, 6.45) is 1.69. The smallest absolute Gasteiger partial charge is 0.272 e. The topological polar surface area (TPSA) is 45.4 Å². The van der Waals surface area contributed by atoms with E-state index in [1.54, 1.807) is 0 Å². The maximum absolute atomic E-state index is 8.03. The molecule has 0 saturated carbocycles. The minimum Gasteiger partial charge on any atom is -0.306 e. The van der Waals surface area contributed by atoms with Crippen molar-refractivity contribution in [3.63, 3.8) is 0 Å². The van der Waals surface area contributed by atoms with E-state index >= 15 is 0 Å². The highest BCUT2D eigenvalue weighted by molar-refractivity contribution is 6.31. The summed E-state index contributed by atoms with van der Waals surface area (Å²) in [7, 11) is 0. The van der Waals surface area contributed by atoms with Crippen LogP contribution in [0.3, 0.4) is 0 Å². The number of nitrogens with one attached hydrogen (secondary N) is 1. The average molecular weight is 425 g/mol. The van der Waals surface area contributed by atoms with Crippen molar-refractivity contribution in [1.82, 2.24) is 10.2 Å². The second-order valence-electron chi connectivity index (χ2n) is 7.79. The van der Waals surface area contributed by atoms with E-state index in [1.165, 1.54) is 0 Å². The van der Waals surface area contributed by atoms with Gasteiger partial charge in [-0.25, -0.2) is 11.6 Å². The number of aliphatic imine (C=N–C) groups is 1. The second-order valence-corrected chi connectivity index (χ2v) is 8.20. The third-order valence-corrected chi connectivity index (χ3v) is 6.29. The number of benzene rings is 3. The number of hydrogen-bond acceptors (Lipinski definition) is 2. The summed E-state index contributed by atoms with van der Waals surface area (Å²) in [5, 5.41) is 10.8. The van der Waals surface area contributed by atoms with Crippen LogP contribution >= 0.6 is 11.6 Å². The van der Waals surface area contributed by atoms with E-state index in [2.05, 4.69) is 52.3 Å². The molecule has 3 aromatic carbocycles. The van der Waals surface area contributed by atoms with Gasteiger partial charge in [-0.3, -0.25) is 5.10 Å². The van der Waals surface area contributed by atoms with Gasteiger partial charge in [0.1, 0.15) is 5.71 Å². The number of hydrogen-bond donors (Lipinski definition) is 1. The van der Waals surface area contributed by atoms with Crippen molar-refractivity contribution in [3.05, 3.63) is 94.3 Å². The molecule has 1 aliphatic heterocycles. The van der Waals surface area contributed by atoms with E-state index in [-0.39, 0.29) is 5.92 Å². The molecule has 2 atom stereocenters. The largest absolute Gasteiger partial charge is 0.306 e. The van der Waals surface area contributed by atoms with Crippen LogP contribution in [0.15, 0.2) is 71.7 Å². The monoisotopic (exact) mass is 424 g/mol. The summed E-state index contributed by atoms with van der Waals surface area (Å²) < 4.78 is 0. The quantitative estimate of drug-likeness (QED) is 0.346. The first-order valence-electron chi connectivity index (χ1n) is 10.5. The van der Waals surface area contributed by atoms with Gasteiger partial charge in [-0.1, -0.05) is 85.6 Å². The molecule has 31 heavy (non-hydrogen) atoms. The van der Waals surface area contributed by atoms with Gasteiger partial charge in [-0.15, -0.1) is 0 Å². The van der Waals surface area contributed by atoms with Crippen LogP contribution in [0.1, 0.15) is 36.8 Å². The van der Waals surface area contributed by atoms with Crippen LogP contribution in [0.4, 0.5) is 5.82 Å². The molecule has 1 N–H and O–H groups in total. The molecule has 0 saturated heterocycles. The highest BCUT2D eigenvalue weighted by Crippen LogP contribution is 2.47. The Balaban J connectivity index is 1.80. The van der Waals surface area contributed by atoms with Crippen LogP contribution in [-0.2, 0) is 0 Å². The SMILES string of the molecule is [C-]#[N+]C1C(CCC)=Nc2n[nH]c(-c3cccc4ccccc34)c2C1c1ccccc1Cl. The van der Waals surface area contributed by atoms with Crippen molar-refractivity contribution in [1.29, 1.82) is 0 Å². The predicted octanol–water partition coefficient (Wildman–Crippen LogP) is 7.19. The van der Waals surface area contributed by atoms with Crippen molar-refractivity contribution < 1.29 is 0 Å². The molecule has 0 radical (unpaired) electrons. The molecular formula is C26H21ClN4. The first-order valence-corrected chi connectivity index (χ1v) is 10.9. The van der Waals surface area contributed by atoms with Crippen LogP contribution in [0.5, 0.6) is 0 Å². The van der Waals surface area contributed by atoms with Crippen LogP contribution in [-0.4, -0.2) is 22.0 Å². The Bertz CT molecular complexity index is 1340. The van der Waals surface area contributed by atoms with E-state index in [1.807, 2.05) is 36.4 Å². The third-order valence-electron chi connectivity index (χ3n) is 5.95. The van der Waals surface area contributed by atoms with Crippen LogP contribution in [0, 0.1) is 6.57 Å². The molecule has 5 heteroatoms. The van der Waals surface area contributed by atoms with Gasteiger partial charge in [0.15, 0.2) is 5.82 Å². The molecule has 5 rings (SSSR count). The standard InChI is InChI=1S/C26H21ClN4/c1-3-9-21-25(28-2)22(19-13-6-7-15-20(19)27)23-24(30-31-26(23)29-21)18-14-8-11-16-10-4-5-12-17(16)18/h4-8,10-15,22,25H,3,9H2,1H3,(H,30,31). The van der Waals surface area contributed by atoms with Crippen LogP contribution < -0.4 is 0 Å². The molecule has 0 amide bonds. The maximum Gasteiger partial charge on any atom is 0.272 e. The molecular weight excluding hydrogens is 404 g/mol. The Morgan fingerprint density at radius 1 is 1.03 bits per heavy atom. The predicted molar refractivity (Wildman–Crippen MR) is 127 cm³/mol. The number of H-pyrrole nitrogens is 1. The van der Waals surface area contributed by atoms with Gasteiger partial charge < -0.3 is 4.85 Å². The molecule has 1 aliphatic rings. The van der Waals surface area contributed by atoms with Gasteiger partial charge in [0.25, 0.3) is 6.04 Å². The van der Waals surface area contributed by atoms with Crippen molar-refractivity contribution in [2.45, 2.75) is 31.7 Å². The Morgan fingerprint density at radius 2 is 1.81 bits per heavy atom. The molecule has 0 aliphatic carbocycles. The van der Waals surface area contributed by atoms with Crippen LogP contribution in [0.25, 0.3) is 26.9 Å². The zero-order chi connectivity index (χ0) is 21.4. The Morgan fingerprint density at radius 3 is 2.61 bits per heavy atom. The van der Waals surface area contributed by atoms with Gasteiger partial charge in [0.2, 0.25) is 0 Å². The number of nitrogens with zero attached hydrogens (tertiary/aromatic N) is 3. The number of aromatic nitrogens is 2. The summed E-state index contributed by atoms with van der Waals surface area (Å²) >= 11 is 6.66. The van der Waals surface area contributed by atoms with Gasteiger partial charge in [0, 0.05) is 16.1 Å². The molecule has 0 spiro atoms. The number of halogens is 1. The van der Waals surface area contributed by atoms with E-state index in [0.717, 1.165) is 51.7 Å². The molecule has 4 aromatic rings. The lowest BCUT2D eigenvalue weighted by molar-refractivity contribution is 0.771. The molecule has 1 aromatic heterocycles. The summed E-state index contributed by atoms with van der Waals surface area (Å²) in [6.45, 7) is 10.1. The Hall–Kier alpha value is -3.42. The number of fused-ring (bicyclic) bond motifs is 2. The van der Waals surface area contributed by atoms with Gasteiger partial charge in [-0.2, -0.15) is 5.10 Å². The Kier molecular flexibility index (Phi) is 5.05. The van der Waals surface area contributed by atoms with Gasteiger partial charge >= 0.3 is 0 Å². The Labute approximate surface area is 186 Å². The lowest BCUT2D eigenvalue weighted by Crippen LogP contribution is -2.29. The molecule has 152 valence electrons. The molecule has 0 bridgehead atoms. The lowest BCUT2D eigenvalue weighted by Gasteiger charge is -2.25. The molecule has 2 heterocycles. The maximum atomic E-state index is 8.03. The summed E-state index contributed by atoms with van der Waals surface area (Å²) in [5.74, 6) is 0.434. The van der Waals surface area contributed by atoms with Crippen molar-refractivity contribution >= 4 is 33.9 Å². The lowest BCUT2D eigenvalue weighted by atomic mass is 9.79. The van der Waals surface area contributed by atoms with E-state index < -0.39 is 6.04 Å². The number of rotatable bonds is 4.